The fourth-order valence-electron chi connectivity index (χ4n) is 2.77. The second kappa shape index (κ2) is 6.12. The first-order valence-electron chi connectivity index (χ1n) is 6.94. The lowest BCUT2D eigenvalue weighted by atomic mass is 9.78. The fraction of sp³-hybridized carbons (Fsp3) is 0.533. The van der Waals surface area contributed by atoms with Gasteiger partial charge in [-0.05, 0) is 36.8 Å². The van der Waals surface area contributed by atoms with Crippen molar-refractivity contribution in [3.8, 4) is 0 Å². The molecular weight excluding hydrogens is 276 g/mol. The maximum atomic E-state index is 12.3. The second-order valence-electron chi connectivity index (χ2n) is 5.63. The van der Waals surface area contributed by atoms with Crippen LogP contribution in [-0.2, 0) is 16.0 Å². The number of nitrogens with two attached hydrogens (primary N) is 1. The molecule has 1 heterocycles. The van der Waals surface area contributed by atoms with E-state index < -0.39 is 6.10 Å². The van der Waals surface area contributed by atoms with Gasteiger partial charge >= 0.3 is 0 Å². The van der Waals surface area contributed by atoms with Crippen LogP contribution >= 0.6 is 12.4 Å². The normalized spacial score (nSPS) is 22.9. The average molecular weight is 297 g/mol. The van der Waals surface area contributed by atoms with E-state index in [0.29, 0.717) is 13.2 Å². The lowest BCUT2D eigenvalue weighted by molar-refractivity contribution is -0.134. The third kappa shape index (κ3) is 2.97. The summed E-state index contributed by atoms with van der Waals surface area (Å²) in [6, 6.07) is 7.99. The molecule has 1 amide bonds. The van der Waals surface area contributed by atoms with E-state index >= 15 is 0 Å². The average Bonchev–Trinajstić information content (AvgIpc) is 2.42. The molecule has 20 heavy (non-hydrogen) atoms. The van der Waals surface area contributed by atoms with Gasteiger partial charge in [-0.2, -0.15) is 0 Å². The summed E-state index contributed by atoms with van der Waals surface area (Å²) in [5, 5.41) is 2.95. The highest BCUT2D eigenvalue weighted by atomic mass is 35.5. The number of rotatable bonds is 3. The Morgan fingerprint density at radius 3 is 2.85 bits per heavy atom. The smallest absolute Gasteiger partial charge is 0.253 e. The van der Waals surface area contributed by atoms with Crippen LogP contribution in [0.2, 0.25) is 0 Å². The number of carbonyl (C=O) groups is 1. The number of hydrogen-bond donors (Lipinski definition) is 2. The minimum Gasteiger partial charge on any atom is -0.363 e. The standard InChI is InChI=1S/C15H20N2O2.ClH/c16-15(7-3-8-15)10-17-14(18)13-12-5-2-1-4-11(12)6-9-19-13;/h1-2,4-5,13H,3,6-10,16H2,(H,17,18);1H. The Balaban J connectivity index is 0.00000147. The molecular formula is C15H21ClN2O2. The van der Waals surface area contributed by atoms with E-state index in [2.05, 4.69) is 11.4 Å². The monoisotopic (exact) mass is 296 g/mol. The minimum absolute atomic E-state index is 0. The van der Waals surface area contributed by atoms with E-state index in [0.717, 1.165) is 31.2 Å². The van der Waals surface area contributed by atoms with Gasteiger partial charge in [0.15, 0.2) is 6.10 Å². The van der Waals surface area contributed by atoms with Gasteiger partial charge in [-0.15, -0.1) is 12.4 Å². The molecule has 4 nitrogen and oxygen atoms in total. The van der Waals surface area contributed by atoms with Gasteiger partial charge in [-0.1, -0.05) is 24.3 Å². The van der Waals surface area contributed by atoms with Crippen LogP contribution in [0.5, 0.6) is 0 Å². The van der Waals surface area contributed by atoms with Crippen LogP contribution in [0.15, 0.2) is 24.3 Å². The van der Waals surface area contributed by atoms with Gasteiger partial charge in [0.05, 0.1) is 6.61 Å². The van der Waals surface area contributed by atoms with E-state index in [9.17, 15) is 4.79 Å². The Labute approximate surface area is 125 Å². The zero-order valence-corrected chi connectivity index (χ0v) is 12.2. The summed E-state index contributed by atoms with van der Waals surface area (Å²) in [5.41, 5.74) is 8.13. The van der Waals surface area contributed by atoms with Crippen molar-refractivity contribution >= 4 is 18.3 Å². The summed E-state index contributed by atoms with van der Waals surface area (Å²) in [4.78, 5) is 12.3. The molecule has 0 spiro atoms. The zero-order valence-electron chi connectivity index (χ0n) is 11.4. The first-order valence-corrected chi connectivity index (χ1v) is 6.94. The van der Waals surface area contributed by atoms with E-state index in [1.54, 1.807) is 0 Å². The Kier molecular flexibility index (Phi) is 4.68. The van der Waals surface area contributed by atoms with Crippen LogP contribution in [0.4, 0.5) is 0 Å². The fourth-order valence-corrected chi connectivity index (χ4v) is 2.77. The molecule has 0 aromatic heterocycles. The van der Waals surface area contributed by atoms with Gasteiger partial charge in [0.1, 0.15) is 0 Å². The second-order valence-corrected chi connectivity index (χ2v) is 5.63. The van der Waals surface area contributed by atoms with Crippen molar-refractivity contribution in [3.63, 3.8) is 0 Å². The molecule has 1 unspecified atom stereocenters. The largest absolute Gasteiger partial charge is 0.363 e. The number of amides is 1. The van der Waals surface area contributed by atoms with Crippen molar-refractivity contribution in [2.75, 3.05) is 13.2 Å². The predicted octanol–water partition coefficient (Wildman–Crippen LogP) is 1.72. The Morgan fingerprint density at radius 1 is 1.40 bits per heavy atom. The molecule has 3 rings (SSSR count). The molecule has 1 fully saturated rings. The Bertz CT molecular complexity index is 489. The molecule has 0 radical (unpaired) electrons. The summed E-state index contributed by atoms with van der Waals surface area (Å²) >= 11 is 0. The van der Waals surface area contributed by atoms with Gasteiger partial charge in [-0.25, -0.2) is 0 Å². The molecule has 1 aliphatic heterocycles. The molecule has 1 atom stereocenters. The number of fused-ring (bicyclic) bond motifs is 1. The third-order valence-electron chi connectivity index (χ3n) is 4.20. The van der Waals surface area contributed by atoms with Crippen molar-refractivity contribution in [2.45, 2.75) is 37.3 Å². The maximum absolute atomic E-state index is 12.3. The number of hydrogen-bond acceptors (Lipinski definition) is 3. The van der Waals surface area contributed by atoms with Gasteiger partial charge in [-0.3, -0.25) is 4.79 Å². The summed E-state index contributed by atoms with van der Waals surface area (Å²) in [5.74, 6) is -0.0659. The van der Waals surface area contributed by atoms with E-state index in [4.69, 9.17) is 10.5 Å². The molecule has 0 bridgehead atoms. The predicted molar refractivity (Wildman–Crippen MR) is 79.9 cm³/mol. The maximum Gasteiger partial charge on any atom is 0.253 e. The van der Waals surface area contributed by atoms with Crippen molar-refractivity contribution in [1.82, 2.24) is 5.32 Å². The SMILES string of the molecule is Cl.NC1(CNC(=O)C2OCCc3ccccc32)CCC1. The van der Waals surface area contributed by atoms with Crippen LogP contribution < -0.4 is 11.1 Å². The number of benzene rings is 1. The first kappa shape index (κ1) is 15.3. The molecule has 110 valence electrons. The third-order valence-corrected chi connectivity index (χ3v) is 4.20. The van der Waals surface area contributed by atoms with Crippen molar-refractivity contribution in [3.05, 3.63) is 35.4 Å². The summed E-state index contributed by atoms with van der Waals surface area (Å²) in [6.45, 7) is 1.15. The van der Waals surface area contributed by atoms with E-state index in [1.807, 2.05) is 18.2 Å². The molecule has 2 aliphatic rings. The quantitative estimate of drug-likeness (QED) is 0.893. The first-order chi connectivity index (χ1) is 9.18. The summed E-state index contributed by atoms with van der Waals surface area (Å²) in [6.07, 6.45) is 3.55. The van der Waals surface area contributed by atoms with E-state index in [1.165, 1.54) is 5.56 Å². The number of nitrogens with one attached hydrogen (secondary N) is 1. The summed E-state index contributed by atoms with van der Waals surface area (Å²) < 4.78 is 5.63. The van der Waals surface area contributed by atoms with E-state index in [-0.39, 0.29) is 23.9 Å². The van der Waals surface area contributed by atoms with Crippen LogP contribution in [0.3, 0.4) is 0 Å². The van der Waals surface area contributed by atoms with Crippen LogP contribution in [0.1, 0.15) is 36.5 Å². The van der Waals surface area contributed by atoms with Gasteiger partial charge < -0.3 is 15.8 Å². The molecule has 3 N–H and O–H groups in total. The summed E-state index contributed by atoms with van der Waals surface area (Å²) in [7, 11) is 0. The molecule has 1 aliphatic carbocycles. The molecule has 5 heteroatoms. The molecule has 0 saturated heterocycles. The lowest BCUT2D eigenvalue weighted by Crippen LogP contribution is -2.55. The van der Waals surface area contributed by atoms with Crippen LogP contribution in [-0.4, -0.2) is 24.6 Å². The highest BCUT2D eigenvalue weighted by Crippen LogP contribution is 2.30. The number of ether oxygens (including phenoxy) is 1. The topological polar surface area (TPSA) is 64.3 Å². The van der Waals surface area contributed by atoms with Gasteiger partial charge in [0, 0.05) is 12.1 Å². The highest BCUT2D eigenvalue weighted by Gasteiger charge is 2.34. The Morgan fingerprint density at radius 2 is 2.15 bits per heavy atom. The lowest BCUT2D eigenvalue weighted by Gasteiger charge is -2.38. The number of halogens is 1. The minimum atomic E-state index is -0.478. The highest BCUT2D eigenvalue weighted by molar-refractivity contribution is 5.85. The zero-order chi connectivity index (χ0) is 13.3. The molecule has 1 aromatic rings. The Hall–Kier alpha value is -1.10. The van der Waals surface area contributed by atoms with Crippen LogP contribution in [0.25, 0.3) is 0 Å². The van der Waals surface area contributed by atoms with Crippen LogP contribution in [0, 0.1) is 0 Å². The number of carbonyl (C=O) groups excluding carboxylic acids is 1. The van der Waals surface area contributed by atoms with Crippen molar-refractivity contribution in [2.24, 2.45) is 5.73 Å². The van der Waals surface area contributed by atoms with Crippen molar-refractivity contribution in [1.29, 1.82) is 0 Å². The van der Waals surface area contributed by atoms with Crippen molar-refractivity contribution < 1.29 is 9.53 Å². The van der Waals surface area contributed by atoms with Gasteiger partial charge in [0.2, 0.25) is 0 Å². The molecule has 1 saturated carbocycles. The molecule has 1 aromatic carbocycles. The van der Waals surface area contributed by atoms with Gasteiger partial charge in [0.25, 0.3) is 5.91 Å².